The normalized spacial score (nSPS) is 11.1. The van der Waals surface area contributed by atoms with E-state index < -0.39 is 11.4 Å². The standard InChI is InChI=1S/C16H24N2O3/c1-11-6-7-12(8-13(11)21-5)9-15(20)18(10-14(17)19)16(2,3)4/h6-8H,9-10H2,1-5H3,(H2,17,19). The van der Waals surface area contributed by atoms with E-state index in [-0.39, 0.29) is 18.9 Å². The number of methoxy groups -OCH3 is 1. The van der Waals surface area contributed by atoms with Crippen LogP contribution in [0.15, 0.2) is 18.2 Å². The van der Waals surface area contributed by atoms with Gasteiger partial charge in [0.25, 0.3) is 0 Å². The molecule has 1 rings (SSSR count). The highest BCUT2D eigenvalue weighted by atomic mass is 16.5. The maximum absolute atomic E-state index is 12.5. The van der Waals surface area contributed by atoms with Crippen molar-refractivity contribution < 1.29 is 14.3 Å². The number of hydrogen-bond acceptors (Lipinski definition) is 3. The number of benzene rings is 1. The fourth-order valence-electron chi connectivity index (χ4n) is 2.10. The lowest BCUT2D eigenvalue weighted by Gasteiger charge is -2.35. The third-order valence-corrected chi connectivity index (χ3v) is 3.25. The monoisotopic (exact) mass is 292 g/mol. The van der Waals surface area contributed by atoms with Crippen molar-refractivity contribution in [3.05, 3.63) is 29.3 Å². The summed E-state index contributed by atoms with van der Waals surface area (Å²) < 4.78 is 5.26. The van der Waals surface area contributed by atoms with Gasteiger partial charge in [-0.2, -0.15) is 0 Å². The molecule has 0 bridgehead atoms. The van der Waals surface area contributed by atoms with Gasteiger partial charge in [0, 0.05) is 5.54 Å². The number of carbonyl (C=O) groups excluding carboxylic acids is 2. The summed E-state index contributed by atoms with van der Waals surface area (Å²) in [5.74, 6) is 0.101. The van der Waals surface area contributed by atoms with Crippen LogP contribution in [0.5, 0.6) is 5.75 Å². The lowest BCUT2D eigenvalue weighted by molar-refractivity contribution is -0.139. The average Bonchev–Trinajstić information content (AvgIpc) is 2.36. The van der Waals surface area contributed by atoms with Gasteiger partial charge in [-0.1, -0.05) is 12.1 Å². The van der Waals surface area contributed by atoms with Gasteiger partial charge < -0.3 is 15.4 Å². The van der Waals surface area contributed by atoms with Crippen LogP contribution in [0.3, 0.4) is 0 Å². The molecule has 0 aromatic heterocycles. The Hall–Kier alpha value is -2.04. The first-order chi connectivity index (χ1) is 9.65. The van der Waals surface area contributed by atoms with E-state index in [1.807, 2.05) is 45.9 Å². The number of nitrogens with two attached hydrogens (primary N) is 1. The zero-order valence-corrected chi connectivity index (χ0v) is 13.4. The highest BCUT2D eigenvalue weighted by molar-refractivity contribution is 5.85. The summed E-state index contributed by atoms with van der Waals surface area (Å²) in [5, 5.41) is 0. The number of amides is 2. The predicted molar refractivity (Wildman–Crippen MR) is 82.1 cm³/mol. The summed E-state index contributed by atoms with van der Waals surface area (Å²) >= 11 is 0. The Labute approximate surface area is 126 Å². The second-order valence-corrected chi connectivity index (χ2v) is 6.10. The lowest BCUT2D eigenvalue weighted by atomic mass is 10.0. The number of ether oxygens (including phenoxy) is 1. The van der Waals surface area contributed by atoms with Crippen molar-refractivity contribution in [2.75, 3.05) is 13.7 Å². The number of aryl methyl sites for hydroxylation is 1. The molecule has 0 unspecified atom stereocenters. The maximum atomic E-state index is 12.5. The number of hydrogen-bond donors (Lipinski definition) is 1. The largest absolute Gasteiger partial charge is 0.496 e. The summed E-state index contributed by atoms with van der Waals surface area (Å²) in [6, 6.07) is 5.65. The quantitative estimate of drug-likeness (QED) is 0.897. The zero-order valence-electron chi connectivity index (χ0n) is 13.4. The SMILES string of the molecule is COc1cc(CC(=O)N(CC(N)=O)C(C)(C)C)ccc1C. The van der Waals surface area contributed by atoms with Gasteiger partial charge in [-0.25, -0.2) is 0 Å². The van der Waals surface area contributed by atoms with Crippen molar-refractivity contribution in [2.45, 2.75) is 39.7 Å². The maximum Gasteiger partial charge on any atom is 0.237 e. The van der Waals surface area contributed by atoms with Crippen LogP contribution in [-0.4, -0.2) is 35.9 Å². The fraction of sp³-hybridized carbons (Fsp3) is 0.500. The van der Waals surface area contributed by atoms with E-state index in [2.05, 4.69) is 0 Å². The predicted octanol–water partition coefficient (Wildman–Crippen LogP) is 1.66. The van der Waals surface area contributed by atoms with Crippen molar-refractivity contribution in [1.82, 2.24) is 4.90 Å². The third kappa shape index (κ3) is 4.77. The molecule has 0 saturated carbocycles. The molecule has 116 valence electrons. The number of primary amides is 1. The molecule has 5 heteroatoms. The highest BCUT2D eigenvalue weighted by Crippen LogP contribution is 2.21. The zero-order chi connectivity index (χ0) is 16.2. The summed E-state index contributed by atoms with van der Waals surface area (Å²) in [6.07, 6.45) is 0.210. The summed E-state index contributed by atoms with van der Waals surface area (Å²) in [4.78, 5) is 25.1. The van der Waals surface area contributed by atoms with Crippen LogP contribution in [0.4, 0.5) is 0 Å². The minimum absolute atomic E-state index is 0.0780. The average molecular weight is 292 g/mol. The van der Waals surface area contributed by atoms with Crippen molar-refractivity contribution in [1.29, 1.82) is 0 Å². The van der Waals surface area contributed by atoms with Crippen LogP contribution in [0.25, 0.3) is 0 Å². The first-order valence-corrected chi connectivity index (χ1v) is 6.87. The van der Waals surface area contributed by atoms with E-state index in [0.717, 1.165) is 16.9 Å². The highest BCUT2D eigenvalue weighted by Gasteiger charge is 2.27. The number of nitrogens with zero attached hydrogens (tertiary/aromatic N) is 1. The van der Waals surface area contributed by atoms with E-state index in [1.165, 1.54) is 4.90 Å². The fourth-order valence-corrected chi connectivity index (χ4v) is 2.10. The Morgan fingerprint density at radius 3 is 2.38 bits per heavy atom. The number of rotatable bonds is 5. The molecular formula is C16H24N2O3. The van der Waals surface area contributed by atoms with Crippen molar-refractivity contribution in [2.24, 2.45) is 5.73 Å². The van der Waals surface area contributed by atoms with Gasteiger partial charge in [-0.3, -0.25) is 9.59 Å². The molecule has 0 aliphatic heterocycles. The Kier molecular flexibility index (Phi) is 5.35. The molecule has 2 N–H and O–H groups in total. The van der Waals surface area contributed by atoms with Crippen LogP contribution in [0, 0.1) is 6.92 Å². The second-order valence-electron chi connectivity index (χ2n) is 6.10. The van der Waals surface area contributed by atoms with Crippen LogP contribution in [0.1, 0.15) is 31.9 Å². The van der Waals surface area contributed by atoms with Gasteiger partial charge >= 0.3 is 0 Å². The van der Waals surface area contributed by atoms with Gasteiger partial charge in [-0.15, -0.1) is 0 Å². The Morgan fingerprint density at radius 1 is 1.29 bits per heavy atom. The van der Waals surface area contributed by atoms with Gasteiger partial charge in [0.15, 0.2) is 0 Å². The minimum Gasteiger partial charge on any atom is -0.496 e. The van der Waals surface area contributed by atoms with Gasteiger partial charge in [0.1, 0.15) is 5.75 Å². The van der Waals surface area contributed by atoms with Gasteiger partial charge in [0.2, 0.25) is 11.8 Å². The molecule has 1 aromatic carbocycles. The smallest absolute Gasteiger partial charge is 0.237 e. The first-order valence-electron chi connectivity index (χ1n) is 6.87. The lowest BCUT2D eigenvalue weighted by Crippen LogP contribution is -2.50. The molecule has 0 atom stereocenters. The summed E-state index contributed by atoms with van der Waals surface area (Å²) in [5.41, 5.74) is 6.64. The van der Waals surface area contributed by atoms with E-state index in [9.17, 15) is 9.59 Å². The second kappa shape index (κ2) is 6.61. The molecule has 0 aliphatic carbocycles. The van der Waals surface area contributed by atoms with Crippen LogP contribution >= 0.6 is 0 Å². The number of carbonyl (C=O) groups is 2. The Bertz CT molecular complexity index is 533. The molecule has 2 amide bonds. The van der Waals surface area contributed by atoms with Crippen molar-refractivity contribution >= 4 is 11.8 Å². The molecule has 5 nitrogen and oxygen atoms in total. The van der Waals surface area contributed by atoms with Gasteiger partial charge in [-0.05, 0) is 44.9 Å². The van der Waals surface area contributed by atoms with E-state index in [0.29, 0.717) is 0 Å². The molecule has 21 heavy (non-hydrogen) atoms. The molecule has 0 aliphatic rings. The summed E-state index contributed by atoms with van der Waals surface area (Å²) in [7, 11) is 1.60. The topological polar surface area (TPSA) is 72.6 Å². The van der Waals surface area contributed by atoms with Crippen LogP contribution < -0.4 is 10.5 Å². The van der Waals surface area contributed by atoms with Crippen molar-refractivity contribution in [3.63, 3.8) is 0 Å². The van der Waals surface area contributed by atoms with Crippen LogP contribution in [-0.2, 0) is 16.0 Å². The molecule has 0 heterocycles. The van der Waals surface area contributed by atoms with E-state index >= 15 is 0 Å². The molecule has 0 fully saturated rings. The first kappa shape index (κ1) is 17.0. The van der Waals surface area contributed by atoms with E-state index in [1.54, 1.807) is 7.11 Å². The minimum atomic E-state index is -0.514. The van der Waals surface area contributed by atoms with E-state index in [4.69, 9.17) is 10.5 Å². The Balaban J connectivity index is 2.94. The van der Waals surface area contributed by atoms with Crippen LogP contribution in [0.2, 0.25) is 0 Å². The van der Waals surface area contributed by atoms with Crippen molar-refractivity contribution in [3.8, 4) is 5.75 Å². The summed E-state index contributed by atoms with van der Waals surface area (Å²) in [6.45, 7) is 7.50. The van der Waals surface area contributed by atoms with Gasteiger partial charge in [0.05, 0.1) is 20.1 Å². The molecule has 0 radical (unpaired) electrons. The third-order valence-electron chi connectivity index (χ3n) is 3.25. The Morgan fingerprint density at radius 2 is 1.90 bits per heavy atom. The molecule has 0 saturated heterocycles. The molecular weight excluding hydrogens is 268 g/mol. The molecule has 1 aromatic rings. The molecule has 0 spiro atoms.